The average Bonchev–Trinajstić information content (AvgIpc) is 2.30. The van der Waals surface area contributed by atoms with Crippen molar-refractivity contribution >= 4 is 11.7 Å². The molecule has 0 aliphatic heterocycles. The second-order valence-corrected chi connectivity index (χ2v) is 3.01. The summed E-state index contributed by atoms with van der Waals surface area (Å²) in [6.45, 7) is 0. The van der Waals surface area contributed by atoms with Gasteiger partial charge in [0.05, 0.1) is 18.4 Å². The molecule has 0 spiro atoms. The molecule has 2 N–H and O–H groups in total. The molecule has 0 aliphatic rings. The van der Waals surface area contributed by atoms with Crippen molar-refractivity contribution in [3.05, 3.63) is 23.8 Å². The Hall–Kier alpha value is -1.92. The van der Waals surface area contributed by atoms with Gasteiger partial charge in [-0.05, 0) is 12.1 Å². The SMILES string of the molecule is COC(=O)c1cccc(OC(F)C(F)F)c1N. The van der Waals surface area contributed by atoms with Crippen molar-refractivity contribution in [2.45, 2.75) is 12.8 Å². The van der Waals surface area contributed by atoms with Gasteiger partial charge in [-0.25, -0.2) is 13.6 Å². The Bertz CT molecular complexity index is 412. The van der Waals surface area contributed by atoms with Gasteiger partial charge in [0.2, 0.25) is 0 Å². The van der Waals surface area contributed by atoms with Crippen LogP contribution in [0, 0.1) is 0 Å². The van der Waals surface area contributed by atoms with Crippen molar-refractivity contribution in [2.24, 2.45) is 0 Å². The summed E-state index contributed by atoms with van der Waals surface area (Å²) in [7, 11) is 1.13. The van der Waals surface area contributed by atoms with E-state index in [1.165, 1.54) is 18.2 Å². The first-order valence-corrected chi connectivity index (χ1v) is 4.53. The van der Waals surface area contributed by atoms with Crippen molar-refractivity contribution in [3.63, 3.8) is 0 Å². The van der Waals surface area contributed by atoms with Gasteiger partial charge in [-0.2, -0.15) is 4.39 Å². The fourth-order valence-corrected chi connectivity index (χ4v) is 1.11. The third-order valence-electron chi connectivity index (χ3n) is 1.91. The highest BCUT2D eigenvalue weighted by Crippen LogP contribution is 2.27. The lowest BCUT2D eigenvalue weighted by molar-refractivity contribution is -0.0665. The Morgan fingerprint density at radius 2 is 2.00 bits per heavy atom. The maximum Gasteiger partial charge on any atom is 0.340 e. The van der Waals surface area contributed by atoms with Crippen LogP contribution in [0.15, 0.2) is 18.2 Å². The van der Waals surface area contributed by atoms with Crippen LogP contribution in [0.3, 0.4) is 0 Å². The lowest BCUT2D eigenvalue weighted by Crippen LogP contribution is -2.20. The highest BCUT2D eigenvalue weighted by atomic mass is 19.3. The molecule has 0 saturated carbocycles. The van der Waals surface area contributed by atoms with Crippen LogP contribution in [0.25, 0.3) is 0 Å². The van der Waals surface area contributed by atoms with Gasteiger partial charge in [-0.1, -0.05) is 6.07 Å². The molecule has 1 unspecified atom stereocenters. The molecule has 1 atom stereocenters. The van der Waals surface area contributed by atoms with Crippen LogP contribution >= 0.6 is 0 Å². The van der Waals surface area contributed by atoms with Gasteiger partial charge >= 0.3 is 12.4 Å². The summed E-state index contributed by atoms with van der Waals surface area (Å²) < 4.78 is 45.2. The number of nitrogens with two attached hydrogens (primary N) is 1. The Morgan fingerprint density at radius 1 is 1.35 bits per heavy atom. The molecular formula is C10H10F3NO3. The van der Waals surface area contributed by atoms with Crippen LogP contribution < -0.4 is 10.5 Å². The number of anilines is 1. The van der Waals surface area contributed by atoms with Crippen LogP contribution in [-0.4, -0.2) is 25.9 Å². The van der Waals surface area contributed by atoms with Gasteiger partial charge < -0.3 is 15.2 Å². The molecule has 0 fully saturated rings. The minimum absolute atomic E-state index is 0.0773. The van der Waals surface area contributed by atoms with Crippen LogP contribution in [-0.2, 0) is 4.74 Å². The van der Waals surface area contributed by atoms with E-state index in [4.69, 9.17) is 5.73 Å². The molecule has 0 aliphatic carbocycles. The van der Waals surface area contributed by atoms with E-state index in [-0.39, 0.29) is 17.0 Å². The Balaban J connectivity index is 2.98. The number of ether oxygens (including phenoxy) is 2. The summed E-state index contributed by atoms with van der Waals surface area (Å²) in [6, 6.07) is 3.80. The van der Waals surface area contributed by atoms with Crippen molar-refractivity contribution in [1.29, 1.82) is 0 Å². The molecule has 17 heavy (non-hydrogen) atoms. The van der Waals surface area contributed by atoms with Gasteiger partial charge in [0.15, 0.2) is 0 Å². The maximum absolute atomic E-state index is 12.7. The van der Waals surface area contributed by atoms with Gasteiger partial charge in [0, 0.05) is 0 Å². The third kappa shape index (κ3) is 3.02. The van der Waals surface area contributed by atoms with E-state index in [0.717, 1.165) is 7.11 Å². The molecule has 1 rings (SSSR count). The third-order valence-corrected chi connectivity index (χ3v) is 1.91. The standard InChI is InChI=1S/C10H10F3NO3/c1-16-10(15)5-3-2-4-6(7(5)14)17-9(13)8(11)12/h2-4,8-9H,14H2,1H3. The number of benzene rings is 1. The van der Waals surface area contributed by atoms with Gasteiger partial charge in [-0.3, -0.25) is 0 Å². The van der Waals surface area contributed by atoms with Gasteiger partial charge in [-0.15, -0.1) is 0 Å². The summed E-state index contributed by atoms with van der Waals surface area (Å²) in [6.07, 6.45) is -6.10. The molecule has 7 heteroatoms. The summed E-state index contributed by atoms with van der Waals surface area (Å²) in [5.74, 6) is -1.10. The number of methoxy groups -OCH3 is 1. The van der Waals surface area contributed by atoms with E-state index < -0.39 is 18.8 Å². The van der Waals surface area contributed by atoms with Crippen LogP contribution in [0.5, 0.6) is 5.75 Å². The summed E-state index contributed by atoms with van der Waals surface area (Å²) in [5.41, 5.74) is 5.15. The van der Waals surface area contributed by atoms with Crippen molar-refractivity contribution in [3.8, 4) is 5.75 Å². The van der Waals surface area contributed by atoms with E-state index in [0.29, 0.717) is 0 Å². The second-order valence-electron chi connectivity index (χ2n) is 3.01. The zero-order chi connectivity index (χ0) is 13.0. The van der Waals surface area contributed by atoms with Crippen molar-refractivity contribution in [1.82, 2.24) is 0 Å². The minimum Gasteiger partial charge on any atom is -0.465 e. The number of esters is 1. The van der Waals surface area contributed by atoms with E-state index >= 15 is 0 Å². The lowest BCUT2D eigenvalue weighted by Gasteiger charge is -2.13. The average molecular weight is 249 g/mol. The van der Waals surface area contributed by atoms with Crippen LogP contribution in [0.1, 0.15) is 10.4 Å². The molecule has 0 amide bonds. The molecule has 0 heterocycles. The van der Waals surface area contributed by atoms with Gasteiger partial charge in [0.1, 0.15) is 5.75 Å². The largest absolute Gasteiger partial charge is 0.465 e. The predicted molar refractivity (Wildman–Crippen MR) is 53.7 cm³/mol. The number of hydrogen-bond donors (Lipinski definition) is 1. The number of hydrogen-bond acceptors (Lipinski definition) is 4. The zero-order valence-corrected chi connectivity index (χ0v) is 8.82. The van der Waals surface area contributed by atoms with E-state index in [9.17, 15) is 18.0 Å². The normalized spacial score (nSPS) is 12.3. The number of rotatable bonds is 4. The number of carbonyl (C=O) groups excluding carboxylic acids is 1. The van der Waals surface area contributed by atoms with Gasteiger partial charge in [0.25, 0.3) is 6.36 Å². The topological polar surface area (TPSA) is 61.5 Å². The molecular weight excluding hydrogens is 239 g/mol. The van der Waals surface area contributed by atoms with Crippen LogP contribution in [0.2, 0.25) is 0 Å². The smallest absolute Gasteiger partial charge is 0.340 e. The fraction of sp³-hybridized carbons (Fsp3) is 0.300. The molecule has 0 saturated heterocycles. The van der Waals surface area contributed by atoms with Crippen LogP contribution in [0.4, 0.5) is 18.9 Å². The molecule has 0 aromatic heterocycles. The summed E-state index contributed by atoms with van der Waals surface area (Å²) in [5, 5.41) is 0. The van der Waals surface area contributed by atoms with E-state index in [2.05, 4.69) is 9.47 Å². The monoisotopic (exact) mass is 249 g/mol. The fourth-order valence-electron chi connectivity index (χ4n) is 1.11. The lowest BCUT2D eigenvalue weighted by atomic mass is 10.1. The molecule has 1 aromatic rings. The quantitative estimate of drug-likeness (QED) is 0.654. The predicted octanol–water partition coefficient (Wildman–Crippen LogP) is 1.99. The summed E-state index contributed by atoms with van der Waals surface area (Å²) in [4.78, 5) is 11.2. The Labute approximate surface area is 95.1 Å². The highest BCUT2D eigenvalue weighted by Gasteiger charge is 2.23. The Kier molecular flexibility index (Phi) is 4.19. The first kappa shape index (κ1) is 13.1. The number of halogens is 3. The molecule has 0 radical (unpaired) electrons. The Morgan fingerprint density at radius 3 is 2.53 bits per heavy atom. The number of alkyl halides is 3. The van der Waals surface area contributed by atoms with Crippen molar-refractivity contribution in [2.75, 3.05) is 12.8 Å². The first-order valence-electron chi connectivity index (χ1n) is 4.53. The van der Waals surface area contributed by atoms with E-state index in [1.54, 1.807) is 0 Å². The molecule has 0 bridgehead atoms. The van der Waals surface area contributed by atoms with E-state index in [1.807, 2.05) is 0 Å². The molecule has 4 nitrogen and oxygen atoms in total. The summed E-state index contributed by atoms with van der Waals surface area (Å²) >= 11 is 0. The first-order chi connectivity index (χ1) is 7.97. The van der Waals surface area contributed by atoms with Crippen molar-refractivity contribution < 1.29 is 27.4 Å². The number of nitrogen functional groups attached to an aromatic ring is 1. The molecule has 1 aromatic carbocycles. The zero-order valence-electron chi connectivity index (χ0n) is 8.82. The minimum atomic E-state index is -3.30. The molecule has 94 valence electrons. The second kappa shape index (κ2) is 5.42. The highest BCUT2D eigenvalue weighted by molar-refractivity contribution is 5.96. The number of carbonyl (C=O) groups is 1. The number of para-hydroxylation sites is 1. The maximum atomic E-state index is 12.7.